The monoisotopic (exact) mass is 273 g/mol. The zero-order chi connectivity index (χ0) is 13.7. The van der Waals surface area contributed by atoms with E-state index < -0.39 is 0 Å². The van der Waals surface area contributed by atoms with E-state index >= 15 is 0 Å². The lowest BCUT2D eigenvalue weighted by atomic mass is 10.3. The van der Waals surface area contributed by atoms with E-state index in [-0.39, 0.29) is 13.1 Å². The second-order valence-corrected chi connectivity index (χ2v) is 4.63. The Bertz CT molecular complexity index is 635. The quantitative estimate of drug-likeness (QED) is 0.471. The van der Waals surface area contributed by atoms with Crippen LogP contribution in [0.3, 0.4) is 0 Å². The lowest BCUT2D eigenvalue weighted by Gasteiger charge is -2.14. The van der Waals surface area contributed by atoms with E-state index in [1.165, 1.54) is 11.3 Å². The lowest BCUT2D eigenvalue weighted by Crippen LogP contribution is -2.25. The van der Waals surface area contributed by atoms with E-state index in [4.69, 9.17) is 16.4 Å². The molecule has 0 unspecified atom stereocenters. The van der Waals surface area contributed by atoms with Gasteiger partial charge < -0.3 is 5.43 Å². The molecule has 0 saturated heterocycles. The average Bonchev–Trinajstić information content (AvgIpc) is 2.86. The van der Waals surface area contributed by atoms with E-state index in [9.17, 15) is 0 Å². The van der Waals surface area contributed by atoms with Gasteiger partial charge in [0.2, 0.25) is 0 Å². The molecule has 0 aliphatic rings. The van der Waals surface area contributed by atoms with Crippen molar-refractivity contribution in [2.24, 2.45) is 5.84 Å². The fourth-order valence-corrected chi connectivity index (χ4v) is 2.43. The zero-order valence-electron chi connectivity index (χ0n) is 10.00. The van der Waals surface area contributed by atoms with Gasteiger partial charge in [-0.3, -0.25) is 4.90 Å². The number of hydrazine groups is 1. The van der Waals surface area contributed by atoms with Gasteiger partial charge in [0.15, 0.2) is 5.82 Å². The molecule has 0 aromatic carbocycles. The van der Waals surface area contributed by atoms with Crippen LogP contribution >= 0.6 is 11.3 Å². The second-order valence-electron chi connectivity index (χ2n) is 3.73. The van der Waals surface area contributed by atoms with Crippen LogP contribution < -0.4 is 11.3 Å². The number of thiophene rings is 1. The summed E-state index contributed by atoms with van der Waals surface area (Å²) in [6, 6.07) is 5.92. The van der Waals surface area contributed by atoms with Gasteiger partial charge in [0, 0.05) is 0 Å². The number of nitrogen functional groups attached to an aromatic ring is 1. The molecule has 0 saturated carbocycles. The van der Waals surface area contributed by atoms with E-state index in [0.29, 0.717) is 18.2 Å². The molecule has 0 spiro atoms. The van der Waals surface area contributed by atoms with Crippen molar-refractivity contribution in [2.75, 3.05) is 18.5 Å². The number of anilines is 1. The molecule has 3 N–H and O–H groups in total. The van der Waals surface area contributed by atoms with Crippen molar-refractivity contribution in [3.05, 3.63) is 17.3 Å². The highest BCUT2D eigenvalue weighted by atomic mass is 32.1. The van der Waals surface area contributed by atoms with Gasteiger partial charge in [0.25, 0.3) is 0 Å². The highest BCUT2D eigenvalue weighted by molar-refractivity contribution is 7.16. The van der Waals surface area contributed by atoms with Gasteiger partial charge in [-0.1, -0.05) is 0 Å². The lowest BCUT2D eigenvalue weighted by molar-refractivity contribution is 0.326. The molecular formula is C11H11N7S. The van der Waals surface area contributed by atoms with E-state index in [0.717, 1.165) is 10.2 Å². The minimum atomic E-state index is 0.158. The summed E-state index contributed by atoms with van der Waals surface area (Å²) in [4.78, 5) is 11.2. The molecule has 8 heteroatoms. The summed E-state index contributed by atoms with van der Waals surface area (Å²) in [7, 11) is 0. The first kappa shape index (κ1) is 13.2. The van der Waals surface area contributed by atoms with Crippen molar-refractivity contribution in [1.29, 1.82) is 10.5 Å². The second kappa shape index (κ2) is 6.07. The topological polar surface area (TPSA) is 115 Å². The third-order valence-corrected chi connectivity index (χ3v) is 3.27. The molecule has 0 aliphatic heterocycles. The Balaban J connectivity index is 2.29. The molecular weight excluding hydrogens is 262 g/mol. The Morgan fingerprint density at radius 1 is 1.32 bits per heavy atom. The van der Waals surface area contributed by atoms with Crippen LogP contribution in [0.1, 0.15) is 5.82 Å². The number of nitrogens with one attached hydrogen (secondary N) is 1. The van der Waals surface area contributed by atoms with Crippen molar-refractivity contribution in [1.82, 2.24) is 14.9 Å². The summed E-state index contributed by atoms with van der Waals surface area (Å²) in [6.07, 6.45) is 0. The van der Waals surface area contributed by atoms with E-state index in [1.54, 1.807) is 4.90 Å². The summed E-state index contributed by atoms with van der Waals surface area (Å²) < 4.78 is 0. The number of nitrogens with two attached hydrogens (primary N) is 1. The van der Waals surface area contributed by atoms with Crippen LogP contribution in [0.15, 0.2) is 11.4 Å². The van der Waals surface area contributed by atoms with Crippen molar-refractivity contribution < 1.29 is 0 Å². The summed E-state index contributed by atoms with van der Waals surface area (Å²) in [5.74, 6) is 6.52. The Morgan fingerprint density at radius 2 is 2.05 bits per heavy atom. The molecule has 7 nitrogen and oxygen atoms in total. The maximum atomic E-state index is 8.71. The Hall–Kier alpha value is -2.26. The molecule has 96 valence electrons. The van der Waals surface area contributed by atoms with Gasteiger partial charge in [-0.25, -0.2) is 15.8 Å². The first-order valence-corrected chi connectivity index (χ1v) is 6.33. The summed E-state index contributed by atoms with van der Waals surface area (Å²) >= 11 is 1.49. The molecule has 0 fully saturated rings. The largest absolute Gasteiger partial charge is 0.308 e. The molecule has 0 aliphatic carbocycles. The van der Waals surface area contributed by atoms with Crippen LogP contribution in [-0.2, 0) is 6.54 Å². The van der Waals surface area contributed by atoms with Gasteiger partial charge in [-0.05, 0) is 11.4 Å². The standard InChI is InChI=1S/C11H11N7S/c12-2-4-18(5-3-13)7-9-15-10(17-14)8-1-6-19-11(8)16-9/h1,6H,4-5,7,14H2,(H,15,16,17). The minimum absolute atomic E-state index is 0.158. The zero-order valence-corrected chi connectivity index (χ0v) is 10.8. The fourth-order valence-electron chi connectivity index (χ4n) is 1.65. The van der Waals surface area contributed by atoms with Gasteiger partial charge >= 0.3 is 0 Å². The molecule has 2 aromatic rings. The normalized spacial score (nSPS) is 10.3. The number of hydrogen-bond donors (Lipinski definition) is 2. The van der Waals surface area contributed by atoms with E-state index in [2.05, 4.69) is 15.4 Å². The molecule has 2 rings (SSSR count). The Labute approximate surface area is 113 Å². The first-order chi connectivity index (χ1) is 9.28. The molecule has 0 bridgehead atoms. The predicted molar refractivity (Wildman–Crippen MR) is 71.7 cm³/mol. The molecule has 2 heterocycles. The number of nitrogens with zero attached hydrogens (tertiary/aromatic N) is 5. The number of rotatable bonds is 5. The van der Waals surface area contributed by atoms with Gasteiger partial charge in [-0.2, -0.15) is 10.5 Å². The van der Waals surface area contributed by atoms with Gasteiger partial charge in [-0.15, -0.1) is 11.3 Å². The predicted octanol–water partition coefficient (Wildman–Crippen LogP) is 0.826. The van der Waals surface area contributed by atoms with Crippen LogP contribution in [0.4, 0.5) is 5.82 Å². The van der Waals surface area contributed by atoms with Gasteiger partial charge in [0.1, 0.15) is 10.7 Å². The maximum absolute atomic E-state index is 8.71. The summed E-state index contributed by atoms with van der Waals surface area (Å²) in [6.45, 7) is 0.652. The first-order valence-electron chi connectivity index (χ1n) is 5.45. The van der Waals surface area contributed by atoms with Crippen molar-refractivity contribution >= 4 is 27.4 Å². The van der Waals surface area contributed by atoms with E-state index in [1.807, 2.05) is 23.6 Å². The molecule has 0 amide bonds. The van der Waals surface area contributed by atoms with Gasteiger partial charge in [0.05, 0.1) is 37.2 Å². The molecule has 2 aromatic heterocycles. The van der Waals surface area contributed by atoms with Crippen LogP contribution in [0.25, 0.3) is 10.2 Å². The highest BCUT2D eigenvalue weighted by Gasteiger charge is 2.11. The van der Waals surface area contributed by atoms with Crippen molar-refractivity contribution in [2.45, 2.75) is 6.54 Å². The molecule has 0 radical (unpaired) electrons. The van der Waals surface area contributed by atoms with Crippen molar-refractivity contribution in [3.63, 3.8) is 0 Å². The van der Waals surface area contributed by atoms with Crippen LogP contribution in [0.5, 0.6) is 0 Å². The molecule has 19 heavy (non-hydrogen) atoms. The maximum Gasteiger partial charge on any atom is 0.152 e. The third-order valence-electron chi connectivity index (χ3n) is 2.46. The smallest absolute Gasteiger partial charge is 0.152 e. The third kappa shape index (κ3) is 2.95. The Morgan fingerprint density at radius 3 is 2.68 bits per heavy atom. The van der Waals surface area contributed by atoms with Crippen LogP contribution in [-0.4, -0.2) is 28.0 Å². The Kier molecular flexibility index (Phi) is 4.21. The summed E-state index contributed by atoms with van der Waals surface area (Å²) in [5.41, 5.74) is 2.54. The van der Waals surface area contributed by atoms with Crippen LogP contribution in [0.2, 0.25) is 0 Å². The molecule has 0 atom stereocenters. The minimum Gasteiger partial charge on any atom is -0.308 e. The van der Waals surface area contributed by atoms with Crippen molar-refractivity contribution in [3.8, 4) is 12.1 Å². The SMILES string of the molecule is N#CCN(CC#N)Cc1nc(NN)c2ccsc2n1. The highest BCUT2D eigenvalue weighted by Crippen LogP contribution is 2.24. The fraction of sp³-hybridized carbons (Fsp3) is 0.273. The number of fused-ring (bicyclic) bond motifs is 1. The average molecular weight is 273 g/mol. The number of nitriles is 2. The summed E-state index contributed by atoms with van der Waals surface area (Å²) in [5, 5.41) is 20.2. The number of aromatic nitrogens is 2. The number of hydrogen-bond acceptors (Lipinski definition) is 8. The van der Waals surface area contributed by atoms with Crippen LogP contribution in [0, 0.1) is 22.7 Å².